The van der Waals surface area contributed by atoms with Crippen molar-refractivity contribution in [1.82, 2.24) is 15.5 Å². The first-order chi connectivity index (χ1) is 10.4. The molecule has 0 radical (unpaired) electrons. The molecule has 0 unspecified atom stereocenters. The first kappa shape index (κ1) is 22.5. The third kappa shape index (κ3) is 8.77. The minimum absolute atomic E-state index is 0. The fourth-order valence-electron chi connectivity index (χ4n) is 2.81. The number of rotatable bonds is 6. The molecule has 1 rings (SSSR count). The topological polar surface area (TPSA) is 56.7 Å². The second kappa shape index (κ2) is 11.9. The summed E-state index contributed by atoms with van der Waals surface area (Å²) < 4.78 is 0. The maximum absolute atomic E-state index is 11.7. The Morgan fingerprint density at radius 3 is 2.30 bits per heavy atom. The van der Waals surface area contributed by atoms with Gasteiger partial charge in [-0.2, -0.15) is 0 Å². The minimum atomic E-state index is 0. The molecule has 0 aromatic heterocycles. The van der Waals surface area contributed by atoms with E-state index in [4.69, 9.17) is 0 Å². The number of halogens is 1. The average Bonchev–Trinajstić information content (AvgIpc) is 2.49. The lowest BCUT2D eigenvalue weighted by molar-refractivity contribution is -0.127. The molecular weight excluding hydrogens is 403 g/mol. The van der Waals surface area contributed by atoms with Gasteiger partial charge < -0.3 is 15.5 Å². The second-order valence-electron chi connectivity index (χ2n) is 6.88. The van der Waals surface area contributed by atoms with Crippen LogP contribution in [0.15, 0.2) is 4.99 Å². The van der Waals surface area contributed by atoms with Gasteiger partial charge in [0.15, 0.2) is 5.96 Å². The molecule has 0 heterocycles. The molecular formula is C17H35IN4O. The van der Waals surface area contributed by atoms with Crippen molar-refractivity contribution in [3.05, 3.63) is 0 Å². The Hall–Kier alpha value is -0.530. The van der Waals surface area contributed by atoms with Crippen LogP contribution in [-0.4, -0.2) is 50.0 Å². The Bertz CT molecular complexity index is 364. The maximum Gasteiger partial charge on any atom is 0.243 e. The van der Waals surface area contributed by atoms with E-state index >= 15 is 0 Å². The zero-order chi connectivity index (χ0) is 16.5. The highest BCUT2D eigenvalue weighted by atomic mass is 127. The van der Waals surface area contributed by atoms with Crippen LogP contribution in [0.25, 0.3) is 0 Å². The molecule has 0 spiro atoms. The fraction of sp³-hybridized carbons (Fsp3) is 0.882. The molecule has 1 fully saturated rings. The van der Waals surface area contributed by atoms with Crippen LogP contribution in [0.5, 0.6) is 0 Å². The Balaban J connectivity index is 0.00000484. The smallest absolute Gasteiger partial charge is 0.243 e. The van der Waals surface area contributed by atoms with Gasteiger partial charge in [0.2, 0.25) is 5.91 Å². The van der Waals surface area contributed by atoms with Gasteiger partial charge in [-0.3, -0.25) is 4.79 Å². The number of guanidine groups is 1. The van der Waals surface area contributed by atoms with Gasteiger partial charge in [0.25, 0.3) is 0 Å². The van der Waals surface area contributed by atoms with Crippen LogP contribution in [0, 0.1) is 11.8 Å². The Kier molecular flexibility index (Phi) is 11.6. The highest BCUT2D eigenvalue weighted by Crippen LogP contribution is 2.29. The van der Waals surface area contributed by atoms with Crippen molar-refractivity contribution in [2.45, 2.75) is 58.9 Å². The maximum atomic E-state index is 11.7. The first-order valence-electron chi connectivity index (χ1n) is 8.69. The Morgan fingerprint density at radius 1 is 1.22 bits per heavy atom. The molecule has 1 amide bonds. The number of likely N-dealkylation sites (N-methyl/N-ethyl adjacent to an activating group) is 1. The van der Waals surface area contributed by atoms with E-state index in [-0.39, 0.29) is 36.4 Å². The number of nitrogens with one attached hydrogen (secondary N) is 2. The predicted octanol–water partition coefficient (Wildman–Crippen LogP) is 2.85. The highest BCUT2D eigenvalue weighted by molar-refractivity contribution is 14.0. The Morgan fingerprint density at radius 2 is 1.83 bits per heavy atom. The number of nitrogens with zero attached hydrogens (tertiary/aromatic N) is 2. The molecule has 0 aliphatic heterocycles. The van der Waals surface area contributed by atoms with Gasteiger partial charge in [0.05, 0.1) is 0 Å². The van der Waals surface area contributed by atoms with Crippen LogP contribution in [-0.2, 0) is 4.79 Å². The van der Waals surface area contributed by atoms with Crippen molar-refractivity contribution in [1.29, 1.82) is 0 Å². The van der Waals surface area contributed by atoms with E-state index in [9.17, 15) is 4.79 Å². The van der Waals surface area contributed by atoms with Gasteiger partial charge in [-0.25, -0.2) is 4.99 Å². The van der Waals surface area contributed by atoms with E-state index in [2.05, 4.69) is 36.4 Å². The summed E-state index contributed by atoms with van der Waals surface area (Å²) in [5.41, 5.74) is 0. The molecule has 136 valence electrons. The molecule has 0 aromatic rings. The number of hydrogen-bond donors (Lipinski definition) is 2. The van der Waals surface area contributed by atoms with Crippen molar-refractivity contribution in [2.75, 3.05) is 27.2 Å². The summed E-state index contributed by atoms with van der Waals surface area (Å²) in [7, 11) is 3.52. The quantitative estimate of drug-likeness (QED) is 0.381. The van der Waals surface area contributed by atoms with E-state index in [1.54, 1.807) is 19.0 Å². The molecule has 0 bridgehead atoms. The molecule has 6 heteroatoms. The first-order valence-corrected chi connectivity index (χ1v) is 8.69. The standard InChI is InChI=1S/C17H34N4O.HI/c1-6-11-18-17(19-12-16(22)21(4)5)20-15-9-7-14(8-10-15)13(2)3;/h13-15H,6-12H2,1-5H3,(H2,18,19,20);1H. The normalized spacial score (nSPS) is 21.6. The molecule has 0 saturated heterocycles. The van der Waals surface area contributed by atoms with E-state index in [0.717, 1.165) is 30.8 Å². The third-order valence-electron chi connectivity index (χ3n) is 4.47. The fourth-order valence-corrected chi connectivity index (χ4v) is 2.81. The number of hydrogen-bond acceptors (Lipinski definition) is 2. The van der Waals surface area contributed by atoms with Crippen molar-refractivity contribution in [3.8, 4) is 0 Å². The highest BCUT2D eigenvalue weighted by Gasteiger charge is 2.23. The molecule has 1 aliphatic carbocycles. The second-order valence-corrected chi connectivity index (χ2v) is 6.88. The van der Waals surface area contributed by atoms with Crippen LogP contribution < -0.4 is 10.6 Å². The molecule has 2 N–H and O–H groups in total. The van der Waals surface area contributed by atoms with Gasteiger partial charge in [-0.1, -0.05) is 20.8 Å². The summed E-state index contributed by atoms with van der Waals surface area (Å²) in [4.78, 5) is 17.7. The van der Waals surface area contributed by atoms with Crippen LogP contribution >= 0.6 is 24.0 Å². The van der Waals surface area contributed by atoms with E-state index < -0.39 is 0 Å². The van der Waals surface area contributed by atoms with Crippen molar-refractivity contribution >= 4 is 35.8 Å². The largest absolute Gasteiger partial charge is 0.356 e. The molecule has 23 heavy (non-hydrogen) atoms. The van der Waals surface area contributed by atoms with Gasteiger partial charge in [0, 0.05) is 26.7 Å². The van der Waals surface area contributed by atoms with Crippen molar-refractivity contribution in [2.24, 2.45) is 16.8 Å². The SMILES string of the molecule is CCCNC(=NCC(=O)N(C)C)NC1CCC(C(C)C)CC1.I. The summed E-state index contributed by atoms with van der Waals surface area (Å²) >= 11 is 0. The number of amides is 1. The lowest BCUT2D eigenvalue weighted by Gasteiger charge is -2.32. The van der Waals surface area contributed by atoms with Gasteiger partial charge in [0.1, 0.15) is 6.54 Å². The summed E-state index contributed by atoms with van der Waals surface area (Å²) in [6.07, 6.45) is 6.00. The van der Waals surface area contributed by atoms with E-state index in [1.165, 1.54) is 25.7 Å². The number of carbonyl (C=O) groups is 1. The van der Waals surface area contributed by atoms with Crippen LogP contribution in [0.4, 0.5) is 0 Å². The van der Waals surface area contributed by atoms with E-state index in [1.807, 2.05) is 0 Å². The summed E-state index contributed by atoms with van der Waals surface area (Å²) in [6, 6.07) is 0.479. The lowest BCUT2D eigenvalue weighted by Crippen LogP contribution is -2.45. The molecule has 5 nitrogen and oxygen atoms in total. The predicted molar refractivity (Wildman–Crippen MR) is 108 cm³/mol. The van der Waals surface area contributed by atoms with E-state index in [0.29, 0.717) is 6.04 Å². The summed E-state index contributed by atoms with van der Waals surface area (Å²) in [5, 5.41) is 6.83. The van der Waals surface area contributed by atoms with Crippen LogP contribution in [0.2, 0.25) is 0 Å². The molecule has 1 saturated carbocycles. The van der Waals surface area contributed by atoms with Crippen LogP contribution in [0.3, 0.4) is 0 Å². The zero-order valence-electron chi connectivity index (χ0n) is 15.4. The average molecular weight is 438 g/mol. The lowest BCUT2D eigenvalue weighted by atomic mass is 9.80. The minimum Gasteiger partial charge on any atom is -0.356 e. The van der Waals surface area contributed by atoms with Gasteiger partial charge in [-0.15, -0.1) is 24.0 Å². The van der Waals surface area contributed by atoms with Crippen molar-refractivity contribution < 1.29 is 4.79 Å². The Labute approximate surface area is 159 Å². The summed E-state index contributed by atoms with van der Waals surface area (Å²) in [5.74, 6) is 2.45. The van der Waals surface area contributed by atoms with Crippen molar-refractivity contribution in [3.63, 3.8) is 0 Å². The molecule has 0 aromatic carbocycles. The monoisotopic (exact) mass is 438 g/mol. The third-order valence-corrected chi connectivity index (χ3v) is 4.47. The molecule has 1 aliphatic rings. The summed E-state index contributed by atoms with van der Waals surface area (Å²) in [6.45, 7) is 7.85. The van der Waals surface area contributed by atoms with Crippen LogP contribution in [0.1, 0.15) is 52.9 Å². The zero-order valence-corrected chi connectivity index (χ0v) is 17.7. The van der Waals surface area contributed by atoms with Gasteiger partial charge in [-0.05, 0) is 43.9 Å². The number of carbonyl (C=O) groups excluding carboxylic acids is 1. The number of aliphatic imine (C=N–C) groups is 1. The van der Waals surface area contributed by atoms with Gasteiger partial charge >= 0.3 is 0 Å². The molecule has 0 atom stereocenters.